The van der Waals surface area contributed by atoms with E-state index in [1.807, 2.05) is 25.3 Å². The first kappa shape index (κ1) is 13.3. The molecule has 0 radical (unpaired) electrons. The number of rotatable bonds is 2. The van der Waals surface area contributed by atoms with Crippen molar-refractivity contribution in [1.82, 2.24) is 19.9 Å². The monoisotopic (exact) mass is 289 g/mol. The molecule has 2 aromatic heterocycles. The van der Waals surface area contributed by atoms with E-state index in [0.29, 0.717) is 11.1 Å². The molecule has 0 bridgehead atoms. The van der Waals surface area contributed by atoms with Gasteiger partial charge in [-0.15, -0.1) is 0 Å². The highest BCUT2D eigenvalue weighted by Gasteiger charge is 2.19. The minimum absolute atomic E-state index is 0.350. The molecule has 0 saturated carbocycles. The van der Waals surface area contributed by atoms with Gasteiger partial charge < -0.3 is 5.73 Å². The summed E-state index contributed by atoms with van der Waals surface area (Å²) in [5.41, 5.74) is 9.80. The van der Waals surface area contributed by atoms with Crippen LogP contribution in [-0.2, 0) is 19.5 Å². The van der Waals surface area contributed by atoms with Crippen LogP contribution in [0.3, 0.4) is 0 Å². The average Bonchev–Trinajstić information content (AvgIpc) is 2.42. The molecule has 1 aliphatic heterocycles. The SMILES string of the molecule is Cc1ccc(CN2CCc3nc(N)ncc3C2)c(Cl)n1. The Morgan fingerprint density at radius 1 is 1.35 bits per heavy atom. The molecule has 0 fully saturated rings. The second-order valence-corrected chi connectivity index (χ2v) is 5.42. The zero-order valence-electron chi connectivity index (χ0n) is 11.3. The Morgan fingerprint density at radius 3 is 3.00 bits per heavy atom. The van der Waals surface area contributed by atoms with Crippen molar-refractivity contribution in [1.29, 1.82) is 0 Å². The van der Waals surface area contributed by atoms with E-state index in [2.05, 4.69) is 19.9 Å². The van der Waals surface area contributed by atoms with Crippen LogP contribution in [0.4, 0.5) is 5.95 Å². The van der Waals surface area contributed by atoms with Crippen LogP contribution in [0, 0.1) is 6.92 Å². The predicted octanol–water partition coefficient (Wildman–Crippen LogP) is 1.97. The molecule has 0 amide bonds. The molecule has 0 aromatic carbocycles. The van der Waals surface area contributed by atoms with Gasteiger partial charge in [0.25, 0.3) is 0 Å². The fourth-order valence-electron chi connectivity index (χ4n) is 2.44. The van der Waals surface area contributed by atoms with Gasteiger partial charge in [-0.3, -0.25) is 4.90 Å². The summed E-state index contributed by atoms with van der Waals surface area (Å²) in [5, 5.41) is 0.587. The summed E-state index contributed by atoms with van der Waals surface area (Å²) in [5.74, 6) is 0.350. The lowest BCUT2D eigenvalue weighted by molar-refractivity contribution is 0.243. The smallest absolute Gasteiger partial charge is 0.220 e. The molecular weight excluding hydrogens is 274 g/mol. The van der Waals surface area contributed by atoms with Crippen LogP contribution < -0.4 is 5.73 Å². The van der Waals surface area contributed by atoms with Gasteiger partial charge in [0.1, 0.15) is 5.15 Å². The van der Waals surface area contributed by atoms with E-state index in [-0.39, 0.29) is 0 Å². The average molecular weight is 290 g/mol. The van der Waals surface area contributed by atoms with E-state index >= 15 is 0 Å². The van der Waals surface area contributed by atoms with Crippen LogP contribution >= 0.6 is 11.6 Å². The lowest BCUT2D eigenvalue weighted by atomic mass is 10.1. The molecule has 20 heavy (non-hydrogen) atoms. The molecule has 3 rings (SSSR count). The third-order valence-corrected chi connectivity index (χ3v) is 3.82. The Hall–Kier alpha value is -1.72. The maximum Gasteiger partial charge on any atom is 0.220 e. The van der Waals surface area contributed by atoms with Crippen LogP contribution in [-0.4, -0.2) is 26.4 Å². The maximum absolute atomic E-state index is 6.19. The largest absolute Gasteiger partial charge is 0.368 e. The van der Waals surface area contributed by atoms with E-state index < -0.39 is 0 Å². The first-order valence-electron chi connectivity index (χ1n) is 6.56. The van der Waals surface area contributed by atoms with Crippen molar-refractivity contribution in [3.63, 3.8) is 0 Å². The van der Waals surface area contributed by atoms with Gasteiger partial charge in [0.15, 0.2) is 0 Å². The first-order chi connectivity index (χ1) is 9.61. The van der Waals surface area contributed by atoms with Gasteiger partial charge in [-0.1, -0.05) is 17.7 Å². The van der Waals surface area contributed by atoms with Crippen molar-refractivity contribution in [3.8, 4) is 0 Å². The number of aromatic nitrogens is 3. The Labute approximate surface area is 122 Å². The van der Waals surface area contributed by atoms with Crippen molar-refractivity contribution in [3.05, 3.63) is 46.0 Å². The molecule has 1 aliphatic rings. The quantitative estimate of drug-likeness (QED) is 0.856. The number of nitrogens with two attached hydrogens (primary N) is 1. The molecule has 0 aliphatic carbocycles. The number of fused-ring (bicyclic) bond motifs is 1. The lowest BCUT2D eigenvalue weighted by Gasteiger charge is -2.28. The fourth-order valence-corrected chi connectivity index (χ4v) is 2.69. The van der Waals surface area contributed by atoms with E-state index in [4.69, 9.17) is 17.3 Å². The van der Waals surface area contributed by atoms with Gasteiger partial charge in [0.05, 0.1) is 5.69 Å². The number of hydrogen-bond acceptors (Lipinski definition) is 5. The van der Waals surface area contributed by atoms with E-state index in [1.165, 1.54) is 0 Å². The van der Waals surface area contributed by atoms with Gasteiger partial charge in [-0.25, -0.2) is 15.0 Å². The second-order valence-electron chi connectivity index (χ2n) is 5.06. The van der Waals surface area contributed by atoms with Crippen LogP contribution in [0.25, 0.3) is 0 Å². The van der Waals surface area contributed by atoms with Crippen molar-refractivity contribution in [2.24, 2.45) is 0 Å². The first-order valence-corrected chi connectivity index (χ1v) is 6.94. The Morgan fingerprint density at radius 2 is 2.20 bits per heavy atom. The molecule has 2 N–H and O–H groups in total. The number of pyridine rings is 1. The van der Waals surface area contributed by atoms with E-state index in [1.54, 1.807) is 0 Å². The summed E-state index contributed by atoms with van der Waals surface area (Å²) in [4.78, 5) is 15.0. The van der Waals surface area contributed by atoms with Crippen molar-refractivity contribution < 1.29 is 0 Å². The van der Waals surface area contributed by atoms with E-state index in [9.17, 15) is 0 Å². The molecule has 104 valence electrons. The van der Waals surface area contributed by atoms with Crippen LogP contribution in [0.5, 0.6) is 0 Å². The van der Waals surface area contributed by atoms with Gasteiger partial charge in [0, 0.05) is 49.1 Å². The number of halogens is 1. The van der Waals surface area contributed by atoms with Crippen molar-refractivity contribution >= 4 is 17.5 Å². The zero-order valence-corrected chi connectivity index (χ0v) is 12.1. The normalized spacial score (nSPS) is 15.1. The molecule has 0 saturated heterocycles. The second kappa shape index (κ2) is 5.34. The summed E-state index contributed by atoms with van der Waals surface area (Å²) in [6, 6.07) is 4.03. The third-order valence-electron chi connectivity index (χ3n) is 3.49. The summed E-state index contributed by atoms with van der Waals surface area (Å²) in [7, 11) is 0. The summed E-state index contributed by atoms with van der Waals surface area (Å²) in [6.07, 6.45) is 2.71. The zero-order chi connectivity index (χ0) is 14.1. The van der Waals surface area contributed by atoms with E-state index in [0.717, 1.165) is 48.6 Å². The predicted molar refractivity (Wildman–Crippen MR) is 78.2 cm³/mol. The molecule has 3 heterocycles. The van der Waals surface area contributed by atoms with Crippen LogP contribution in [0.1, 0.15) is 22.5 Å². The number of nitrogens with zero attached hydrogens (tertiary/aromatic N) is 4. The molecule has 5 nitrogen and oxygen atoms in total. The highest BCUT2D eigenvalue weighted by atomic mass is 35.5. The van der Waals surface area contributed by atoms with Gasteiger partial charge in [-0.2, -0.15) is 0 Å². The van der Waals surface area contributed by atoms with Crippen molar-refractivity contribution in [2.45, 2.75) is 26.4 Å². The summed E-state index contributed by atoms with van der Waals surface area (Å²) >= 11 is 6.19. The minimum atomic E-state index is 0.350. The summed E-state index contributed by atoms with van der Waals surface area (Å²) in [6.45, 7) is 4.48. The summed E-state index contributed by atoms with van der Waals surface area (Å²) < 4.78 is 0. The highest BCUT2D eigenvalue weighted by molar-refractivity contribution is 6.30. The number of aryl methyl sites for hydroxylation is 1. The highest BCUT2D eigenvalue weighted by Crippen LogP contribution is 2.21. The molecule has 2 aromatic rings. The van der Waals surface area contributed by atoms with Gasteiger partial charge in [0.2, 0.25) is 5.95 Å². The Bertz CT molecular complexity index is 643. The fraction of sp³-hybridized carbons (Fsp3) is 0.357. The minimum Gasteiger partial charge on any atom is -0.368 e. The Kier molecular flexibility index (Phi) is 3.54. The van der Waals surface area contributed by atoms with Crippen LogP contribution in [0.15, 0.2) is 18.3 Å². The number of anilines is 1. The molecule has 0 spiro atoms. The maximum atomic E-state index is 6.19. The molecule has 0 atom stereocenters. The molecule has 0 unspecified atom stereocenters. The van der Waals surface area contributed by atoms with Gasteiger partial charge in [-0.05, 0) is 13.0 Å². The molecular formula is C14H16ClN5. The van der Waals surface area contributed by atoms with Crippen molar-refractivity contribution in [2.75, 3.05) is 12.3 Å². The van der Waals surface area contributed by atoms with Crippen LogP contribution in [0.2, 0.25) is 5.15 Å². The third kappa shape index (κ3) is 2.73. The number of nitrogen functional groups attached to an aromatic ring is 1. The standard InChI is InChI=1S/C14H16ClN5/c1-9-2-3-10(13(15)18-9)7-20-5-4-12-11(8-20)6-17-14(16)19-12/h2-3,6H,4-5,7-8H2,1H3,(H2,16,17,19). The molecule has 6 heteroatoms. The Balaban J connectivity index is 1.75. The lowest BCUT2D eigenvalue weighted by Crippen LogP contribution is -2.31. The topological polar surface area (TPSA) is 67.9 Å². The number of hydrogen-bond donors (Lipinski definition) is 1. The van der Waals surface area contributed by atoms with Gasteiger partial charge >= 0.3 is 0 Å².